The number of aromatic hydroxyl groups is 1. The summed E-state index contributed by atoms with van der Waals surface area (Å²) in [6.45, 7) is 8.98. The van der Waals surface area contributed by atoms with E-state index in [1.165, 1.54) is 0 Å². The highest BCUT2D eigenvalue weighted by Gasteiger charge is 2.25. The normalized spacial score (nSPS) is 20.4. The Balaban J connectivity index is 1.80. The highest BCUT2D eigenvalue weighted by atomic mass is 16.6. The molecule has 1 amide bonds. The molecule has 0 saturated heterocycles. The average Bonchev–Trinajstić information content (AvgIpc) is 2.61. The summed E-state index contributed by atoms with van der Waals surface area (Å²) in [5.41, 5.74) is 0.567. The van der Waals surface area contributed by atoms with Crippen molar-refractivity contribution in [2.45, 2.75) is 77.6 Å². The Morgan fingerprint density at radius 2 is 1.68 bits per heavy atom. The second kappa shape index (κ2) is 10.2. The number of hydrogen-bond donors (Lipinski definition) is 4. The van der Waals surface area contributed by atoms with E-state index < -0.39 is 5.60 Å². The van der Waals surface area contributed by atoms with E-state index >= 15 is 0 Å². The maximum Gasteiger partial charge on any atom is 0.407 e. The van der Waals surface area contributed by atoms with Crippen LogP contribution in [0.25, 0.3) is 0 Å². The third-order valence-corrected chi connectivity index (χ3v) is 4.49. The molecule has 156 valence electrons. The highest BCUT2D eigenvalue weighted by Crippen LogP contribution is 2.19. The van der Waals surface area contributed by atoms with Crippen molar-refractivity contribution >= 4 is 12.1 Å². The van der Waals surface area contributed by atoms with Crippen molar-refractivity contribution in [3.8, 4) is 5.75 Å². The van der Waals surface area contributed by atoms with Crippen LogP contribution in [0.1, 0.15) is 58.9 Å². The van der Waals surface area contributed by atoms with Gasteiger partial charge in [-0.2, -0.15) is 0 Å². The second-order valence-corrected chi connectivity index (χ2v) is 8.20. The Morgan fingerprint density at radius 3 is 2.21 bits per heavy atom. The van der Waals surface area contributed by atoms with Crippen molar-refractivity contribution in [3.05, 3.63) is 29.8 Å². The molecule has 1 saturated carbocycles. The summed E-state index contributed by atoms with van der Waals surface area (Å²) < 4.78 is 5.33. The van der Waals surface area contributed by atoms with Gasteiger partial charge in [0.1, 0.15) is 11.4 Å². The molecule has 0 spiro atoms. The number of benzene rings is 1. The van der Waals surface area contributed by atoms with Crippen molar-refractivity contribution in [1.29, 1.82) is 0 Å². The van der Waals surface area contributed by atoms with E-state index in [1.807, 2.05) is 39.8 Å². The molecule has 0 radical (unpaired) electrons. The number of nitrogens with one attached hydrogen (secondary N) is 3. The predicted molar refractivity (Wildman–Crippen MR) is 111 cm³/mol. The number of alkyl carbamates (subject to hydrolysis) is 1. The Labute approximate surface area is 168 Å². The number of ether oxygens (including phenoxy) is 1. The van der Waals surface area contributed by atoms with Gasteiger partial charge in [-0.3, -0.25) is 0 Å². The minimum atomic E-state index is -0.475. The number of aliphatic imine (C=N–C) groups is 1. The Bertz CT molecular complexity index is 645. The lowest BCUT2D eigenvalue weighted by Gasteiger charge is -2.31. The van der Waals surface area contributed by atoms with Crippen molar-refractivity contribution in [1.82, 2.24) is 16.0 Å². The Kier molecular flexibility index (Phi) is 7.96. The van der Waals surface area contributed by atoms with Crippen molar-refractivity contribution in [2.75, 3.05) is 6.54 Å². The van der Waals surface area contributed by atoms with E-state index in [0.29, 0.717) is 12.6 Å². The van der Waals surface area contributed by atoms with Gasteiger partial charge in [0.25, 0.3) is 0 Å². The summed E-state index contributed by atoms with van der Waals surface area (Å²) in [5, 5.41) is 19.1. The lowest BCUT2D eigenvalue weighted by Crippen LogP contribution is -2.48. The molecule has 1 aliphatic carbocycles. The lowest BCUT2D eigenvalue weighted by molar-refractivity contribution is 0.0490. The molecule has 4 N–H and O–H groups in total. The third-order valence-electron chi connectivity index (χ3n) is 4.49. The van der Waals surface area contributed by atoms with Crippen molar-refractivity contribution < 1.29 is 14.6 Å². The Hall–Kier alpha value is -2.44. The molecule has 7 nitrogen and oxygen atoms in total. The van der Waals surface area contributed by atoms with E-state index in [0.717, 1.165) is 43.8 Å². The molecule has 2 rings (SSSR count). The van der Waals surface area contributed by atoms with Gasteiger partial charge in [0.05, 0.1) is 6.54 Å². The quantitative estimate of drug-likeness (QED) is 0.457. The van der Waals surface area contributed by atoms with Gasteiger partial charge in [0.15, 0.2) is 5.96 Å². The molecule has 0 atom stereocenters. The highest BCUT2D eigenvalue weighted by molar-refractivity contribution is 5.80. The minimum Gasteiger partial charge on any atom is -0.508 e. The first-order chi connectivity index (χ1) is 13.2. The molecule has 0 aromatic heterocycles. The van der Waals surface area contributed by atoms with Crippen LogP contribution in [0.5, 0.6) is 5.75 Å². The van der Waals surface area contributed by atoms with Gasteiger partial charge in [0, 0.05) is 18.6 Å². The summed E-state index contributed by atoms with van der Waals surface area (Å²) in [6, 6.07) is 7.57. The number of carbonyl (C=O) groups excluding carboxylic acids is 1. The number of nitrogens with zero attached hydrogens (tertiary/aromatic N) is 1. The Morgan fingerprint density at radius 1 is 1.11 bits per heavy atom. The average molecular weight is 391 g/mol. The van der Waals surface area contributed by atoms with E-state index in [2.05, 4.69) is 20.9 Å². The van der Waals surface area contributed by atoms with Gasteiger partial charge >= 0.3 is 6.09 Å². The van der Waals surface area contributed by atoms with Crippen LogP contribution in [0.2, 0.25) is 0 Å². The maximum atomic E-state index is 11.9. The third kappa shape index (κ3) is 8.06. The molecule has 0 unspecified atom stereocenters. The molecular weight excluding hydrogens is 356 g/mol. The number of phenols is 1. The number of hydrogen-bond acceptors (Lipinski definition) is 4. The smallest absolute Gasteiger partial charge is 0.407 e. The van der Waals surface area contributed by atoms with Gasteiger partial charge in [-0.25, -0.2) is 9.79 Å². The molecular formula is C21H34N4O3. The van der Waals surface area contributed by atoms with Crippen LogP contribution in [-0.4, -0.2) is 41.4 Å². The molecule has 1 aromatic carbocycles. The summed E-state index contributed by atoms with van der Waals surface area (Å²) in [5.74, 6) is 1.05. The first kappa shape index (κ1) is 21.9. The van der Waals surface area contributed by atoms with Crippen LogP contribution in [-0.2, 0) is 11.3 Å². The first-order valence-corrected chi connectivity index (χ1v) is 10.1. The molecule has 0 heterocycles. The van der Waals surface area contributed by atoms with Gasteiger partial charge in [0.2, 0.25) is 0 Å². The summed E-state index contributed by atoms with van der Waals surface area (Å²) in [4.78, 5) is 16.6. The zero-order valence-corrected chi connectivity index (χ0v) is 17.4. The molecule has 1 fully saturated rings. The fourth-order valence-electron chi connectivity index (χ4n) is 3.14. The summed E-state index contributed by atoms with van der Waals surface area (Å²) >= 11 is 0. The van der Waals surface area contributed by atoms with E-state index in [-0.39, 0.29) is 17.9 Å². The fourth-order valence-corrected chi connectivity index (χ4v) is 3.14. The van der Waals surface area contributed by atoms with Crippen LogP contribution in [0.15, 0.2) is 29.3 Å². The van der Waals surface area contributed by atoms with Crippen LogP contribution in [0.3, 0.4) is 0 Å². The molecule has 0 aliphatic heterocycles. The number of phenolic OH excluding ortho intramolecular Hbond substituents is 1. The fraction of sp³-hybridized carbons (Fsp3) is 0.619. The standard InChI is InChI=1S/C21H34N4O3/c1-5-22-19(23-14-15-6-12-18(26)13-7-15)24-16-8-10-17(11-9-16)25-20(27)28-21(2,3)4/h6-7,12-13,16-17,26H,5,8-11,14H2,1-4H3,(H,25,27)(H2,22,23,24). The van der Waals surface area contributed by atoms with Crippen LogP contribution in [0, 0.1) is 0 Å². The SMILES string of the molecule is CCNC(=NCc1ccc(O)cc1)NC1CCC(NC(=O)OC(C)(C)C)CC1. The van der Waals surface area contributed by atoms with Crippen LogP contribution >= 0.6 is 0 Å². The topological polar surface area (TPSA) is 95.0 Å². The molecule has 1 aromatic rings. The zero-order chi connectivity index (χ0) is 20.6. The summed E-state index contributed by atoms with van der Waals surface area (Å²) in [7, 11) is 0. The lowest BCUT2D eigenvalue weighted by atomic mass is 9.91. The summed E-state index contributed by atoms with van der Waals surface area (Å²) in [6.07, 6.45) is 3.41. The second-order valence-electron chi connectivity index (χ2n) is 8.20. The van der Waals surface area contributed by atoms with Gasteiger partial charge in [-0.15, -0.1) is 0 Å². The zero-order valence-electron chi connectivity index (χ0n) is 17.4. The van der Waals surface area contributed by atoms with Gasteiger partial charge in [-0.1, -0.05) is 12.1 Å². The molecule has 1 aliphatic rings. The molecule has 28 heavy (non-hydrogen) atoms. The van der Waals surface area contributed by atoms with Crippen molar-refractivity contribution in [2.24, 2.45) is 4.99 Å². The number of rotatable bonds is 5. The van der Waals surface area contributed by atoms with E-state index in [4.69, 9.17) is 4.74 Å². The molecule has 0 bridgehead atoms. The maximum absolute atomic E-state index is 11.9. The first-order valence-electron chi connectivity index (χ1n) is 10.1. The van der Waals surface area contributed by atoms with Crippen LogP contribution in [0.4, 0.5) is 4.79 Å². The van der Waals surface area contributed by atoms with Crippen molar-refractivity contribution in [3.63, 3.8) is 0 Å². The number of carbonyl (C=O) groups is 1. The van der Waals surface area contributed by atoms with E-state index in [9.17, 15) is 9.90 Å². The van der Waals surface area contributed by atoms with Gasteiger partial charge in [-0.05, 0) is 71.1 Å². The largest absolute Gasteiger partial charge is 0.508 e. The minimum absolute atomic E-state index is 0.157. The monoisotopic (exact) mass is 390 g/mol. The number of amides is 1. The van der Waals surface area contributed by atoms with E-state index in [1.54, 1.807) is 12.1 Å². The predicted octanol–water partition coefficient (Wildman–Crippen LogP) is 3.28. The van der Waals surface area contributed by atoms with Crippen LogP contribution < -0.4 is 16.0 Å². The van der Waals surface area contributed by atoms with Gasteiger partial charge < -0.3 is 25.8 Å². The molecule has 7 heteroatoms. The number of guanidine groups is 1.